The molecule has 1 saturated heterocycles. The van der Waals surface area contributed by atoms with Gasteiger partial charge in [-0.1, -0.05) is 47.5 Å². The molecule has 1 atom stereocenters. The first-order chi connectivity index (χ1) is 14.0. The van der Waals surface area contributed by atoms with Gasteiger partial charge in [0.1, 0.15) is 12.4 Å². The van der Waals surface area contributed by atoms with Crippen molar-refractivity contribution in [3.8, 4) is 5.75 Å². The summed E-state index contributed by atoms with van der Waals surface area (Å²) in [5.74, 6) is 0.905. The van der Waals surface area contributed by atoms with Crippen molar-refractivity contribution in [2.75, 3.05) is 45.9 Å². The number of benzene rings is 2. The highest BCUT2D eigenvalue weighted by molar-refractivity contribution is 6.35. The van der Waals surface area contributed by atoms with Gasteiger partial charge in [0.15, 0.2) is 0 Å². The van der Waals surface area contributed by atoms with E-state index in [0.29, 0.717) is 23.2 Å². The Kier molecular flexibility index (Phi) is 8.19. The lowest BCUT2D eigenvalue weighted by Crippen LogP contribution is -2.50. The minimum absolute atomic E-state index is 0.00405. The zero-order valence-electron chi connectivity index (χ0n) is 16.6. The molecule has 1 aliphatic heterocycles. The Morgan fingerprint density at radius 2 is 1.76 bits per heavy atom. The molecule has 1 aliphatic rings. The lowest BCUT2D eigenvalue weighted by atomic mass is 10.1. The van der Waals surface area contributed by atoms with Crippen LogP contribution in [0.5, 0.6) is 5.75 Å². The number of amides is 1. The SMILES string of the molecule is CC(NC(=O)CN1CCN(CCOc2ccccc2)CC1)c1ccc(Cl)cc1Cl. The van der Waals surface area contributed by atoms with Gasteiger partial charge in [0, 0.05) is 42.8 Å². The Balaban J connectivity index is 1.36. The number of carbonyl (C=O) groups excluding carboxylic acids is 1. The number of ether oxygens (including phenoxy) is 1. The second kappa shape index (κ2) is 10.8. The van der Waals surface area contributed by atoms with Gasteiger partial charge in [-0.25, -0.2) is 0 Å². The maximum absolute atomic E-state index is 12.4. The summed E-state index contributed by atoms with van der Waals surface area (Å²) in [6.45, 7) is 7.49. The monoisotopic (exact) mass is 435 g/mol. The first-order valence-electron chi connectivity index (χ1n) is 9.88. The first kappa shape index (κ1) is 21.9. The van der Waals surface area contributed by atoms with E-state index in [4.69, 9.17) is 27.9 Å². The molecule has 0 saturated carbocycles. The van der Waals surface area contributed by atoms with E-state index >= 15 is 0 Å². The number of halogens is 2. The molecule has 0 bridgehead atoms. The van der Waals surface area contributed by atoms with E-state index in [1.807, 2.05) is 43.3 Å². The van der Waals surface area contributed by atoms with Crippen LogP contribution in [0.3, 0.4) is 0 Å². The van der Waals surface area contributed by atoms with E-state index in [1.165, 1.54) is 0 Å². The zero-order chi connectivity index (χ0) is 20.6. The van der Waals surface area contributed by atoms with Gasteiger partial charge in [0.25, 0.3) is 0 Å². The molecule has 1 amide bonds. The van der Waals surface area contributed by atoms with E-state index in [-0.39, 0.29) is 11.9 Å². The predicted octanol–water partition coefficient (Wildman–Crippen LogP) is 3.87. The van der Waals surface area contributed by atoms with Gasteiger partial charge in [-0.3, -0.25) is 14.6 Å². The summed E-state index contributed by atoms with van der Waals surface area (Å²) >= 11 is 12.2. The molecule has 156 valence electrons. The van der Waals surface area contributed by atoms with Crippen molar-refractivity contribution in [3.63, 3.8) is 0 Å². The Labute approximate surface area is 182 Å². The summed E-state index contributed by atoms with van der Waals surface area (Å²) in [6.07, 6.45) is 0. The van der Waals surface area contributed by atoms with Crippen molar-refractivity contribution in [2.24, 2.45) is 0 Å². The van der Waals surface area contributed by atoms with Crippen LogP contribution < -0.4 is 10.1 Å². The molecule has 1 N–H and O–H groups in total. The Hall–Kier alpha value is -1.79. The molecule has 0 aromatic heterocycles. The van der Waals surface area contributed by atoms with E-state index in [0.717, 1.165) is 44.0 Å². The number of para-hydroxylation sites is 1. The summed E-state index contributed by atoms with van der Waals surface area (Å²) < 4.78 is 5.76. The molecule has 29 heavy (non-hydrogen) atoms. The van der Waals surface area contributed by atoms with E-state index in [2.05, 4.69) is 15.1 Å². The van der Waals surface area contributed by atoms with Crippen LogP contribution in [0.25, 0.3) is 0 Å². The van der Waals surface area contributed by atoms with Gasteiger partial charge in [-0.05, 0) is 36.8 Å². The van der Waals surface area contributed by atoms with E-state index < -0.39 is 0 Å². The van der Waals surface area contributed by atoms with Gasteiger partial charge in [-0.2, -0.15) is 0 Å². The molecule has 0 aliphatic carbocycles. The third kappa shape index (κ3) is 6.89. The summed E-state index contributed by atoms with van der Waals surface area (Å²) in [7, 11) is 0. The van der Waals surface area contributed by atoms with Gasteiger partial charge in [0.05, 0.1) is 12.6 Å². The molecular weight excluding hydrogens is 409 g/mol. The van der Waals surface area contributed by atoms with Crippen LogP contribution in [0, 0.1) is 0 Å². The molecule has 0 radical (unpaired) electrons. The van der Waals surface area contributed by atoms with Gasteiger partial charge in [-0.15, -0.1) is 0 Å². The van der Waals surface area contributed by atoms with Crippen molar-refractivity contribution < 1.29 is 9.53 Å². The maximum Gasteiger partial charge on any atom is 0.234 e. The average Bonchev–Trinajstić information content (AvgIpc) is 2.70. The van der Waals surface area contributed by atoms with E-state index in [1.54, 1.807) is 12.1 Å². The third-order valence-electron chi connectivity index (χ3n) is 5.06. The molecular formula is C22H27Cl2N3O2. The van der Waals surface area contributed by atoms with Crippen molar-refractivity contribution >= 4 is 29.1 Å². The minimum atomic E-state index is -0.163. The number of piperazine rings is 1. The van der Waals surface area contributed by atoms with Crippen LogP contribution in [-0.2, 0) is 4.79 Å². The first-order valence-corrected chi connectivity index (χ1v) is 10.6. The van der Waals surface area contributed by atoms with Crippen LogP contribution in [-0.4, -0.2) is 61.6 Å². The average molecular weight is 436 g/mol. The lowest BCUT2D eigenvalue weighted by Gasteiger charge is -2.34. The molecule has 1 fully saturated rings. The van der Waals surface area contributed by atoms with Crippen molar-refractivity contribution in [3.05, 3.63) is 64.1 Å². The molecule has 3 rings (SSSR count). The van der Waals surface area contributed by atoms with Crippen molar-refractivity contribution in [1.82, 2.24) is 15.1 Å². The molecule has 1 heterocycles. The largest absolute Gasteiger partial charge is 0.492 e. The van der Waals surface area contributed by atoms with Gasteiger partial charge < -0.3 is 10.1 Å². The predicted molar refractivity (Wildman–Crippen MR) is 118 cm³/mol. The van der Waals surface area contributed by atoms with E-state index in [9.17, 15) is 4.79 Å². The number of nitrogens with one attached hydrogen (secondary N) is 1. The van der Waals surface area contributed by atoms with Crippen LogP contribution in [0.1, 0.15) is 18.5 Å². The fourth-order valence-electron chi connectivity index (χ4n) is 3.40. The van der Waals surface area contributed by atoms with Crippen LogP contribution in [0.15, 0.2) is 48.5 Å². The topological polar surface area (TPSA) is 44.8 Å². The normalized spacial score (nSPS) is 16.4. The zero-order valence-corrected chi connectivity index (χ0v) is 18.1. The highest BCUT2D eigenvalue weighted by Crippen LogP contribution is 2.26. The van der Waals surface area contributed by atoms with Crippen molar-refractivity contribution in [2.45, 2.75) is 13.0 Å². The van der Waals surface area contributed by atoms with Gasteiger partial charge >= 0.3 is 0 Å². The fraction of sp³-hybridized carbons (Fsp3) is 0.409. The number of hydrogen-bond acceptors (Lipinski definition) is 4. The van der Waals surface area contributed by atoms with Crippen LogP contribution in [0.4, 0.5) is 0 Å². The number of nitrogens with zero attached hydrogens (tertiary/aromatic N) is 2. The Morgan fingerprint density at radius 1 is 1.07 bits per heavy atom. The number of rotatable bonds is 8. The summed E-state index contributed by atoms with van der Waals surface area (Å²) in [5.41, 5.74) is 0.868. The standard InChI is InChI=1S/C22H27Cl2N3O2/c1-17(20-8-7-18(23)15-21(20)24)25-22(28)16-27-11-9-26(10-12-27)13-14-29-19-5-3-2-4-6-19/h2-8,15,17H,9-14,16H2,1H3,(H,25,28). The van der Waals surface area contributed by atoms with Crippen molar-refractivity contribution in [1.29, 1.82) is 0 Å². The second-order valence-electron chi connectivity index (χ2n) is 7.23. The molecule has 2 aromatic carbocycles. The fourth-order valence-corrected chi connectivity index (χ4v) is 3.97. The molecule has 0 spiro atoms. The third-order valence-corrected chi connectivity index (χ3v) is 5.62. The minimum Gasteiger partial charge on any atom is -0.492 e. The molecule has 7 heteroatoms. The smallest absolute Gasteiger partial charge is 0.234 e. The highest BCUT2D eigenvalue weighted by atomic mass is 35.5. The molecule has 2 aromatic rings. The van der Waals surface area contributed by atoms with Gasteiger partial charge in [0.2, 0.25) is 5.91 Å². The summed E-state index contributed by atoms with van der Waals surface area (Å²) in [5, 5.41) is 4.18. The lowest BCUT2D eigenvalue weighted by molar-refractivity contribution is -0.123. The summed E-state index contributed by atoms with van der Waals surface area (Å²) in [6, 6.07) is 15.0. The molecule has 1 unspecified atom stereocenters. The Bertz CT molecular complexity index is 796. The second-order valence-corrected chi connectivity index (χ2v) is 8.08. The summed E-state index contributed by atoms with van der Waals surface area (Å²) in [4.78, 5) is 17.0. The number of carbonyl (C=O) groups is 1. The van der Waals surface area contributed by atoms with Crippen LogP contribution >= 0.6 is 23.2 Å². The number of hydrogen-bond donors (Lipinski definition) is 1. The Morgan fingerprint density at radius 3 is 2.45 bits per heavy atom. The highest BCUT2D eigenvalue weighted by Gasteiger charge is 2.20. The van der Waals surface area contributed by atoms with Crippen LogP contribution in [0.2, 0.25) is 10.0 Å². The quantitative estimate of drug-likeness (QED) is 0.683. The maximum atomic E-state index is 12.4. The molecule has 5 nitrogen and oxygen atoms in total.